The highest BCUT2D eigenvalue weighted by Gasteiger charge is 2.11. The molecule has 0 saturated carbocycles. The molecule has 0 saturated heterocycles. The van der Waals surface area contributed by atoms with E-state index in [0.29, 0.717) is 13.2 Å². The zero-order valence-electron chi connectivity index (χ0n) is 9.12. The second-order valence-corrected chi connectivity index (χ2v) is 3.23. The number of carbonyl (C=O) groups is 1. The van der Waals surface area contributed by atoms with Crippen LogP contribution in [0.15, 0.2) is 0 Å². The van der Waals surface area contributed by atoms with Crippen molar-refractivity contribution in [2.45, 2.75) is 38.7 Å². The van der Waals surface area contributed by atoms with Gasteiger partial charge in [0.05, 0.1) is 19.1 Å². The van der Waals surface area contributed by atoms with Crippen molar-refractivity contribution < 1.29 is 14.3 Å². The van der Waals surface area contributed by atoms with Crippen LogP contribution in [0.1, 0.15) is 32.6 Å². The maximum absolute atomic E-state index is 11.2. The summed E-state index contributed by atoms with van der Waals surface area (Å²) in [6.45, 7) is 2.96. The Morgan fingerprint density at radius 3 is 2.64 bits per heavy atom. The van der Waals surface area contributed by atoms with E-state index in [4.69, 9.17) is 15.2 Å². The van der Waals surface area contributed by atoms with Crippen molar-refractivity contribution in [3.05, 3.63) is 0 Å². The van der Waals surface area contributed by atoms with Gasteiger partial charge in [0.1, 0.15) is 0 Å². The maximum atomic E-state index is 11.2. The quantitative estimate of drug-likeness (QED) is 0.473. The van der Waals surface area contributed by atoms with E-state index < -0.39 is 0 Å². The van der Waals surface area contributed by atoms with E-state index in [0.717, 1.165) is 19.3 Å². The van der Waals surface area contributed by atoms with Gasteiger partial charge in [0.25, 0.3) is 0 Å². The van der Waals surface area contributed by atoms with Crippen molar-refractivity contribution in [3.63, 3.8) is 0 Å². The molecule has 0 spiro atoms. The molecule has 0 rings (SSSR count). The first-order valence-electron chi connectivity index (χ1n) is 5.13. The average Bonchev–Trinajstić information content (AvgIpc) is 2.21. The van der Waals surface area contributed by atoms with E-state index in [2.05, 4.69) is 6.92 Å². The maximum Gasteiger partial charge on any atom is 0.308 e. The third-order valence-corrected chi connectivity index (χ3v) is 2.00. The van der Waals surface area contributed by atoms with E-state index in [1.165, 1.54) is 0 Å². The molecule has 0 heterocycles. The van der Waals surface area contributed by atoms with Gasteiger partial charge < -0.3 is 15.2 Å². The van der Waals surface area contributed by atoms with Gasteiger partial charge in [0, 0.05) is 13.7 Å². The molecular weight excluding hydrogens is 182 g/mol. The van der Waals surface area contributed by atoms with E-state index in [1.807, 2.05) is 0 Å². The predicted octanol–water partition coefficient (Wildman–Crippen LogP) is 1.08. The minimum absolute atomic E-state index is 0.214. The highest BCUT2D eigenvalue weighted by atomic mass is 16.5. The molecule has 4 nitrogen and oxygen atoms in total. The molecule has 1 unspecified atom stereocenters. The van der Waals surface area contributed by atoms with Gasteiger partial charge in [-0.2, -0.15) is 0 Å². The summed E-state index contributed by atoms with van der Waals surface area (Å²) >= 11 is 0. The Kier molecular flexibility index (Phi) is 8.57. The lowest BCUT2D eigenvalue weighted by Crippen LogP contribution is -2.26. The van der Waals surface area contributed by atoms with E-state index in [1.54, 1.807) is 7.11 Å². The summed E-state index contributed by atoms with van der Waals surface area (Å²) in [5, 5.41) is 0. The zero-order valence-corrected chi connectivity index (χ0v) is 9.12. The topological polar surface area (TPSA) is 61.5 Å². The summed E-state index contributed by atoms with van der Waals surface area (Å²) in [7, 11) is 1.54. The lowest BCUT2D eigenvalue weighted by Gasteiger charge is -2.11. The molecule has 2 N–H and O–H groups in total. The number of unbranched alkanes of at least 4 members (excludes halogenated alkanes) is 2. The second kappa shape index (κ2) is 8.97. The third-order valence-electron chi connectivity index (χ3n) is 2.00. The molecule has 0 aliphatic heterocycles. The highest BCUT2D eigenvalue weighted by Crippen LogP contribution is 2.00. The molecule has 0 amide bonds. The van der Waals surface area contributed by atoms with Crippen molar-refractivity contribution in [2.24, 2.45) is 5.73 Å². The second-order valence-electron chi connectivity index (χ2n) is 3.23. The van der Waals surface area contributed by atoms with Gasteiger partial charge in [-0.1, -0.05) is 19.8 Å². The Hall–Kier alpha value is -0.610. The van der Waals surface area contributed by atoms with Gasteiger partial charge in [0.15, 0.2) is 0 Å². The van der Waals surface area contributed by atoms with Gasteiger partial charge in [0.2, 0.25) is 0 Å². The van der Waals surface area contributed by atoms with Gasteiger partial charge >= 0.3 is 5.97 Å². The Labute approximate surface area is 85.8 Å². The summed E-state index contributed by atoms with van der Waals surface area (Å²) in [5.41, 5.74) is 5.38. The van der Waals surface area contributed by atoms with Gasteiger partial charge in [-0.15, -0.1) is 0 Å². The van der Waals surface area contributed by atoms with Crippen LogP contribution in [0.3, 0.4) is 0 Å². The Balaban J connectivity index is 3.44. The smallest absolute Gasteiger partial charge is 0.308 e. The summed E-state index contributed by atoms with van der Waals surface area (Å²) in [4.78, 5) is 11.2. The molecule has 0 radical (unpaired) electrons. The molecule has 0 bridgehead atoms. The molecule has 0 aromatic heterocycles. The van der Waals surface area contributed by atoms with Gasteiger partial charge in [-0.05, 0) is 6.42 Å². The number of nitrogens with two attached hydrogens (primary N) is 1. The minimum atomic E-state index is -0.224. The molecule has 0 aliphatic rings. The molecule has 1 atom stereocenters. The number of esters is 1. The minimum Gasteiger partial charge on any atom is -0.466 e. The largest absolute Gasteiger partial charge is 0.466 e. The molecule has 4 heteroatoms. The summed E-state index contributed by atoms with van der Waals surface area (Å²) in [5.74, 6) is -0.224. The van der Waals surface area contributed by atoms with Crippen LogP contribution in [0, 0.1) is 0 Å². The van der Waals surface area contributed by atoms with Crippen molar-refractivity contribution in [3.8, 4) is 0 Å². The molecule has 0 fully saturated rings. The first-order chi connectivity index (χ1) is 6.74. The number of carbonyl (C=O) groups excluding carboxylic acids is 1. The van der Waals surface area contributed by atoms with Crippen LogP contribution >= 0.6 is 0 Å². The zero-order chi connectivity index (χ0) is 10.8. The van der Waals surface area contributed by atoms with Crippen LogP contribution in [-0.4, -0.2) is 32.3 Å². The monoisotopic (exact) mass is 203 g/mol. The summed E-state index contributed by atoms with van der Waals surface area (Å²) in [6, 6.07) is 0. The normalized spacial score (nSPS) is 12.5. The van der Waals surface area contributed by atoms with Crippen molar-refractivity contribution in [1.82, 2.24) is 0 Å². The molecule has 0 aliphatic carbocycles. The fraction of sp³-hybridized carbons (Fsp3) is 0.900. The molecular formula is C10H21NO3. The standard InChI is InChI=1S/C10H21NO3/c1-3-4-5-6-14-10(12)7-9(8-11)13-2/h9H,3-8,11H2,1-2H3. The Morgan fingerprint density at radius 2 is 2.14 bits per heavy atom. The molecule has 0 aromatic carbocycles. The summed E-state index contributed by atoms with van der Waals surface area (Å²) in [6.07, 6.45) is 3.19. The van der Waals surface area contributed by atoms with Crippen LogP contribution in [0.5, 0.6) is 0 Å². The van der Waals surface area contributed by atoms with E-state index in [9.17, 15) is 4.79 Å². The lowest BCUT2D eigenvalue weighted by atomic mass is 10.2. The lowest BCUT2D eigenvalue weighted by molar-refractivity contribution is -0.146. The van der Waals surface area contributed by atoms with Gasteiger partial charge in [-0.25, -0.2) is 0 Å². The highest BCUT2D eigenvalue weighted by molar-refractivity contribution is 5.69. The van der Waals surface area contributed by atoms with Crippen LogP contribution in [0.2, 0.25) is 0 Å². The third kappa shape index (κ3) is 6.86. The molecule has 14 heavy (non-hydrogen) atoms. The SMILES string of the molecule is CCCCCOC(=O)CC(CN)OC. The first-order valence-corrected chi connectivity index (χ1v) is 5.13. The van der Waals surface area contributed by atoms with E-state index in [-0.39, 0.29) is 18.5 Å². The fourth-order valence-electron chi connectivity index (χ4n) is 1.05. The van der Waals surface area contributed by atoms with Crippen LogP contribution < -0.4 is 5.73 Å². The van der Waals surface area contributed by atoms with E-state index >= 15 is 0 Å². The Bertz CT molecular complexity index is 146. The van der Waals surface area contributed by atoms with Crippen LogP contribution in [0.25, 0.3) is 0 Å². The number of hydrogen-bond donors (Lipinski definition) is 1. The van der Waals surface area contributed by atoms with Crippen LogP contribution in [-0.2, 0) is 14.3 Å². The number of methoxy groups -OCH3 is 1. The first kappa shape index (κ1) is 13.4. The number of rotatable bonds is 8. The molecule has 84 valence electrons. The average molecular weight is 203 g/mol. The predicted molar refractivity (Wildman–Crippen MR) is 55.0 cm³/mol. The molecule has 0 aromatic rings. The van der Waals surface area contributed by atoms with Crippen molar-refractivity contribution >= 4 is 5.97 Å². The van der Waals surface area contributed by atoms with Crippen molar-refractivity contribution in [1.29, 1.82) is 0 Å². The Morgan fingerprint density at radius 1 is 1.43 bits per heavy atom. The van der Waals surface area contributed by atoms with Gasteiger partial charge in [-0.3, -0.25) is 4.79 Å². The number of ether oxygens (including phenoxy) is 2. The van der Waals surface area contributed by atoms with Crippen molar-refractivity contribution in [2.75, 3.05) is 20.3 Å². The fourth-order valence-corrected chi connectivity index (χ4v) is 1.05. The van der Waals surface area contributed by atoms with Crippen LogP contribution in [0.4, 0.5) is 0 Å². The number of hydrogen-bond acceptors (Lipinski definition) is 4. The summed E-state index contributed by atoms with van der Waals surface area (Å²) < 4.78 is 9.98.